The molecule has 2 unspecified atom stereocenters. The number of alkyl halides is 2. The molecule has 1 fully saturated rings. The third-order valence-electron chi connectivity index (χ3n) is 3.68. The predicted octanol–water partition coefficient (Wildman–Crippen LogP) is 3.83. The van der Waals surface area contributed by atoms with Crippen molar-refractivity contribution in [2.24, 2.45) is 0 Å². The fraction of sp³-hybridized carbons (Fsp3) is 0.500. The number of fused-ring (bicyclic) bond motifs is 1. The molecule has 1 aliphatic rings. The van der Waals surface area contributed by atoms with Gasteiger partial charge in [0.25, 0.3) is 0 Å². The minimum Gasteiger partial charge on any atom is -0.392 e. The fourth-order valence-electron chi connectivity index (χ4n) is 2.64. The monoisotopic (exact) mass is 298 g/mol. The van der Waals surface area contributed by atoms with Gasteiger partial charge in [-0.15, -0.1) is 0 Å². The lowest BCUT2D eigenvalue weighted by molar-refractivity contribution is 0.0653. The van der Waals surface area contributed by atoms with Crippen molar-refractivity contribution in [2.45, 2.75) is 48.7 Å². The average molecular weight is 298 g/mol. The van der Waals surface area contributed by atoms with Crippen molar-refractivity contribution in [1.29, 1.82) is 0 Å². The molecule has 6 heteroatoms. The van der Waals surface area contributed by atoms with Crippen molar-refractivity contribution >= 4 is 22.8 Å². The summed E-state index contributed by atoms with van der Waals surface area (Å²) in [7, 11) is 0. The second-order valence-corrected chi connectivity index (χ2v) is 6.25. The van der Waals surface area contributed by atoms with Crippen molar-refractivity contribution in [3.8, 4) is 0 Å². The van der Waals surface area contributed by atoms with Gasteiger partial charge in [-0.3, -0.25) is 4.57 Å². The smallest absolute Gasteiger partial charge is 0.321 e. The molecule has 1 aliphatic carbocycles. The van der Waals surface area contributed by atoms with Gasteiger partial charge in [0.15, 0.2) is 5.16 Å². The molecule has 2 aromatic rings. The second-order valence-electron chi connectivity index (χ2n) is 5.04. The standard InChI is InChI=1S/C14H16F2N2OS/c15-13(16)18-10-6-2-1-5-9(10)17-14(18)20-12-8-4-3-7-11(12)19/h1-2,5-6,11-13,19H,3-4,7-8H2. The van der Waals surface area contributed by atoms with E-state index < -0.39 is 12.7 Å². The Bertz CT molecular complexity index is 602. The van der Waals surface area contributed by atoms with Gasteiger partial charge in [0.1, 0.15) is 0 Å². The summed E-state index contributed by atoms with van der Waals surface area (Å²) in [6, 6.07) is 6.90. The van der Waals surface area contributed by atoms with Crippen LogP contribution in [0.1, 0.15) is 32.2 Å². The van der Waals surface area contributed by atoms with Crippen molar-refractivity contribution in [2.75, 3.05) is 0 Å². The topological polar surface area (TPSA) is 38.1 Å². The largest absolute Gasteiger partial charge is 0.392 e. The molecule has 3 nitrogen and oxygen atoms in total. The number of hydrogen-bond donors (Lipinski definition) is 1. The summed E-state index contributed by atoms with van der Waals surface area (Å²) in [6.07, 6.45) is 3.19. The van der Waals surface area contributed by atoms with Gasteiger partial charge in [0, 0.05) is 5.25 Å². The molecule has 3 rings (SSSR count). The molecule has 0 spiro atoms. The molecule has 2 atom stereocenters. The number of hydrogen-bond acceptors (Lipinski definition) is 3. The zero-order chi connectivity index (χ0) is 14.1. The maximum atomic E-state index is 13.3. The van der Waals surface area contributed by atoms with Crippen LogP contribution < -0.4 is 0 Å². The minimum atomic E-state index is -2.62. The highest BCUT2D eigenvalue weighted by Gasteiger charge is 2.27. The molecule has 1 saturated carbocycles. The quantitative estimate of drug-likeness (QED) is 0.936. The second kappa shape index (κ2) is 5.69. The van der Waals surface area contributed by atoms with Gasteiger partial charge in [0.2, 0.25) is 0 Å². The van der Waals surface area contributed by atoms with E-state index in [2.05, 4.69) is 4.98 Å². The van der Waals surface area contributed by atoms with Crippen LogP contribution in [0, 0.1) is 0 Å². The molecule has 1 N–H and O–H groups in total. The summed E-state index contributed by atoms with van der Waals surface area (Å²) in [5, 5.41) is 10.2. The summed E-state index contributed by atoms with van der Waals surface area (Å²) in [5.41, 5.74) is 1.01. The highest BCUT2D eigenvalue weighted by Crippen LogP contribution is 2.36. The summed E-state index contributed by atoms with van der Waals surface area (Å²) in [4.78, 5) is 4.30. The Balaban J connectivity index is 1.95. The number of aliphatic hydroxyl groups excluding tert-OH is 1. The molecular weight excluding hydrogens is 282 g/mol. The Labute approximate surface area is 120 Å². The van der Waals surface area contributed by atoms with Crippen LogP contribution >= 0.6 is 11.8 Å². The first kappa shape index (κ1) is 13.8. The first-order valence-corrected chi connectivity index (χ1v) is 7.64. The van der Waals surface area contributed by atoms with Crippen molar-refractivity contribution in [3.63, 3.8) is 0 Å². The van der Waals surface area contributed by atoms with Crippen LogP contribution in [0.2, 0.25) is 0 Å². The Kier molecular flexibility index (Phi) is 3.94. The number of imidazole rings is 1. The summed E-state index contributed by atoms with van der Waals surface area (Å²) >= 11 is 1.28. The predicted molar refractivity (Wildman–Crippen MR) is 75.1 cm³/mol. The molecular formula is C14H16F2N2OS. The van der Waals surface area contributed by atoms with E-state index in [0.717, 1.165) is 30.3 Å². The number of aromatic nitrogens is 2. The maximum absolute atomic E-state index is 13.3. The van der Waals surface area contributed by atoms with Crippen LogP contribution in [0.5, 0.6) is 0 Å². The zero-order valence-electron chi connectivity index (χ0n) is 10.9. The van der Waals surface area contributed by atoms with Crippen molar-refractivity contribution in [1.82, 2.24) is 9.55 Å². The highest BCUT2D eigenvalue weighted by molar-refractivity contribution is 7.99. The molecule has 1 heterocycles. The Hall–Kier alpha value is -1.14. The summed E-state index contributed by atoms with van der Waals surface area (Å²) in [5.74, 6) is 0. The van der Waals surface area contributed by atoms with Crippen LogP contribution in [0.25, 0.3) is 11.0 Å². The number of rotatable bonds is 3. The van der Waals surface area contributed by atoms with E-state index in [1.807, 2.05) is 0 Å². The van der Waals surface area contributed by atoms with Crippen molar-refractivity contribution in [3.05, 3.63) is 24.3 Å². The lowest BCUT2D eigenvalue weighted by Crippen LogP contribution is -2.27. The maximum Gasteiger partial charge on any atom is 0.321 e. The van der Waals surface area contributed by atoms with E-state index in [9.17, 15) is 13.9 Å². The molecule has 0 bridgehead atoms. The number of thioether (sulfide) groups is 1. The molecule has 1 aromatic heterocycles. The van der Waals surface area contributed by atoms with Crippen LogP contribution in [-0.4, -0.2) is 26.0 Å². The van der Waals surface area contributed by atoms with Gasteiger partial charge in [-0.1, -0.05) is 36.7 Å². The summed E-state index contributed by atoms with van der Waals surface area (Å²) in [6.45, 7) is -2.62. The van der Waals surface area contributed by atoms with Gasteiger partial charge in [-0.2, -0.15) is 8.78 Å². The first-order valence-electron chi connectivity index (χ1n) is 6.76. The van der Waals surface area contributed by atoms with Gasteiger partial charge < -0.3 is 5.11 Å². The lowest BCUT2D eigenvalue weighted by atomic mass is 9.97. The van der Waals surface area contributed by atoms with E-state index in [4.69, 9.17) is 0 Å². The zero-order valence-corrected chi connectivity index (χ0v) is 11.7. The third kappa shape index (κ3) is 2.54. The molecule has 0 aliphatic heterocycles. The van der Waals surface area contributed by atoms with Crippen molar-refractivity contribution < 1.29 is 13.9 Å². The third-order valence-corrected chi connectivity index (χ3v) is 5.03. The molecule has 0 saturated heterocycles. The van der Waals surface area contributed by atoms with Gasteiger partial charge in [-0.25, -0.2) is 4.98 Å². The molecule has 1 aromatic carbocycles. The van der Waals surface area contributed by atoms with E-state index >= 15 is 0 Å². The number of benzene rings is 1. The molecule has 0 radical (unpaired) electrons. The van der Waals surface area contributed by atoms with Gasteiger partial charge in [0.05, 0.1) is 17.1 Å². The molecule has 20 heavy (non-hydrogen) atoms. The first-order chi connectivity index (χ1) is 9.66. The summed E-state index contributed by atoms with van der Waals surface area (Å²) < 4.78 is 27.5. The molecule has 0 amide bonds. The van der Waals surface area contributed by atoms with E-state index in [-0.39, 0.29) is 5.25 Å². The van der Waals surface area contributed by atoms with Gasteiger partial charge in [-0.05, 0) is 25.0 Å². The Morgan fingerprint density at radius 2 is 2.00 bits per heavy atom. The number of para-hydroxylation sites is 2. The van der Waals surface area contributed by atoms with Crippen LogP contribution in [0.3, 0.4) is 0 Å². The van der Waals surface area contributed by atoms with E-state index in [0.29, 0.717) is 16.2 Å². The normalized spacial score (nSPS) is 23.6. The van der Waals surface area contributed by atoms with Crippen LogP contribution in [0.15, 0.2) is 29.4 Å². The number of aliphatic hydroxyl groups is 1. The number of halogens is 2. The number of nitrogens with zero attached hydrogens (tertiary/aromatic N) is 2. The van der Waals surface area contributed by atoms with E-state index in [1.165, 1.54) is 11.8 Å². The highest BCUT2D eigenvalue weighted by atomic mass is 32.2. The fourth-order valence-corrected chi connectivity index (χ4v) is 3.94. The Morgan fingerprint density at radius 3 is 2.75 bits per heavy atom. The van der Waals surface area contributed by atoms with Crippen LogP contribution in [-0.2, 0) is 0 Å². The average Bonchev–Trinajstić information content (AvgIpc) is 2.79. The SMILES string of the molecule is OC1CCCCC1Sc1nc2ccccc2n1C(F)F. The Morgan fingerprint density at radius 1 is 1.25 bits per heavy atom. The minimum absolute atomic E-state index is 0.0435. The lowest BCUT2D eigenvalue weighted by Gasteiger charge is -2.26. The molecule has 108 valence electrons. The van der Waals surface area contributed by atoms with Gasteiger partial charge >= 0.3 is 6.55 Å². The van der Waals surface area contributed by atoms with Crippen LogP contribution in [0.4, 0.5) is 8.78 Å². The van der Waals surface area contributed by atoms with E-state index in [1.54, 1.807) is 24.3 Å².